The van der Waals surface area contributed by atoms with E-state index >= 15 is 0 Å². The van der Waals surface area contributed by atoms with Crippen molar-refractivity contribution in [2.24, 2.45) is 0 Å². The molecule has 0 aliphatic heterocycles. The van der Waals surface area contributed by atoms with Gasteiger partial charge in [0.2, 0.25) is 0 Å². The molecule has 1 atom stereocenters. The average Bonchev–Trinajstić information content (AvgIpc) is 2.32. The van der Waals surface area contributed by atoms with Crippen LogP contribution >= 0.6 is 0 Å². The van der Waals surface area contributed by atoms with Crippen molar-refractivity contribution in [3.05, 3.63) is 17.0 Å². The number of H-pyrrole nitrogens is 1. The highest BCUT2D eigenvalue weighted by atomic mass is 16.4. The predicted molar refractivity (Wildman–Crippen MR) is 44.1 cm³/mol. The number of aromatic nitrogens is 2. The highest BCUT2D eigenvalue weighted by Gasteiger charge is 2.19. The Labute approximate surface area is 70.6 Å². The Morgan fingerprint density at radius 3 is 2.50 bits per heavy atom. The van der Waals surface area contributed by atoms with Gasteiger partial charge in [-0.2, -0.15) is 5.10 Å². The van der Waals surface area contributed by atoms with Gasteiger partial charge in [-0.05, 0) is 26.3 Å². The third-order valence-corrected chi connectivity index (χ3v) is 2.07. The summed E-state index contributed by atoms with van der Waals surface area (Å²) >= 11 is 0. The van der Waals surface area contributed by atoms with E-state index in [1.54, 1.807) is 6.92 Å². The Hall–Kier alpha value is -1.32. The van der Waals surface area contributed by atoms with Crippen molar-refractivity contribution in [3.63, 3.8) is 0 Å². The smallest absolute Gasteiger partial charge is 0.312 e. The number of nitrogens with one attached hydrogen (secondary N) is 1. The van der Waals surface area contributed by atoms with Crippen LogP contribution in [0.1, 0.15) is 29.8 Å². The van der Waals surface area contributed by atoms with Gasteiger partial charge < -0.3 is 5.11 Å². The fraction of sp³-hybridized carbons (Fsp3) is 0.500. The van der Waals surface area contributed by atoms with E-state index in [2.05, 4.69) is 10.2 Å². The summed E-state index contributed by atoms with van der Waals surface area (Å²) in [6.07, 6.45) is 0. The van der Waals surface area contributed by atoms with Gasteiger partial charge in [0.1, 0.15) is 0 Å². The van der Waals surface area contributed by atoms with Crippen molar-refractivity contribution >= 4 is 5.97 Å². The fourth-order valence-corrected chi connectivity index (χ4v) is 1.04. The molecular weight excluding hydrogens is 156 g/mol. The van der Waals surface area contributed by atoms with Gasteiger partial charge >= 0.3 is 5.97 Å². The van der Waals surface area contributed by atoms with E-state index in [-0.39, 0.29) is 0 Å². The van der Waals surface area contributed by atoms with Gasteiger partial charge in [0.05, 0.1) is 11.6 Å². The Kier molecular flexibility index (Phi) is 2.17. The largest absolute Gasteiger partial charge is 0.481 e. The van der Waals surface area contributed by atoms with E-state index in [1.165, 1.54) is 0 Å². The van der Waals surface area contributed by atoms with E-state index in [9.17, 15) is 4.79 Å². The zero-order chi connectivity index (χ0) is 9.30. The number of carbonyl (C=O) groups is 1. The molecule has 1 heterocycles. The Morgan fingerprint density at radius 1 is 1.58 bits per heavy atom. The van der Waals surface area contributed by atoms with Gasteiger partial charge in [-0.3, -0.25) is 9.89 Å². The maximum Gasteiger partial charge on any atom is 0.312 e. The number of carboxylic acids is 1. The van der Waals surface area contributed by atoms with Crippen molar-refractivity contribution in [1.82, 2.24) is 10.2 Å². The molecule has 0 aliphatic rings. The molecule has 66 valence electrons. The lowest BCUT2D eigenvalue weighted by Gasteiger charge is -2.02. The second kappa shape index (κ2) is 2.97. The van der Waals surface area contributed by atoms with Gasteiger partial charge in [0, 0.05) is 5.69 Å². The number of rotatable bonds is 2. The molecule has 0 saturated carbocycles. The summed E-state index contributed by atoms with van der Waals surface area (Å²) in [5.74, 6) is -1.38. The third-order valence-electron chi connectivity index (χ3n) is 2.07. The zero-order valence-electron chi connectivity index (χ0n) is 7.38. The number of aryl methyl sites for hydroxylation is 1. The molecule has 1 unspecified atom stereocenters. The lowest BCUT2D eigenvalue weighted by atomic mass is 10.0. The molecule has 12 heavy (non-hydrogen) atoms. The van der Waals surface area contributed by atoms with Crippen LogP contribution in [0.15, 0.2) is 0 Å². The lowest BCUT2D eigenvalue weighted by molar-refractivity contribution is -0.138. The summed E-state index contributed by atoms with van der Waals surface area (Å²) in [4.78, 5) is 10.6. The Morgan fingerprint density at radius 2 is 2.17 bits per heavy atom. The zero-order valence-corrected chi connectivity index (χ0v) is 7.38. The number of hydrogen-bond acceptors (Lipinski definition) is 2. The van der Waals surface area contributed by atoms with Crippen molar-refractivity contribution < 1.29 is 9.90 Å². The summed E-state index contributed by atoms with van der Waals surface area (Å²) in [5.41, 5.74) is 2.49. The van der Waals surface area contributed by atoms with Crippen LogP contribution in [-0.4, -0.2) is 21.3 Å². The highest BCUT2D eigenvalue weighted by molar-refractivity contribution is 5.75. The van der Waals surface area contributed by atoms with Gasteiger partial charge in [0.25, 0.3) is 0 Å². The number of hydrogen-bond donors (Lipinski definition) is 2. The number of nitrogens with zero attached hydrogens (tertiary/aromatic N) is 1. The standard InChI is InChI=1S/C8H12N2O2/c1-4-6(3)9-10-7(4)5(2)8(11)12/h5H,1-3H3,(H,9,10)(H,11,12). The van der Waals surface area contributed by atoms with Crippen molar-refractivity contribution in [3.8, 4) is 0 Å². The summed E-state index contributed by atoms with van der Waals surface area (Å²) in [7, 11) is 0. The Bertz CT molecular complexity index is 304. The summed E-state index contributed by atoms with van der Waals surface area (Å²) in [5, 5.41) is 15.4. The fourth-order valence-electron chi connectivity index (χ4n) is 1.04. The molecule has 2 N–H and O–H groups in total. The topological polar surface area (TPSA) is 66.0 Å². The van der Waals surface area contributed by atoms with Crippen LogP contribution in [-0.2, 0) is 4.79 Å². The molecule has 0 bridgehead atoms. The van der Waals surface area contributed by atoms with E-state index in [4.69, 9.17) is 5.11 Å². The molecule has 4 nitrogen and oxygen atoms in total. The molecule has 4 heteroatoms. The number of aliphatic carboxylic acids is 1. The maximum absolute atomic E-state index is 10.6. The molecule has 1 aromatic heterocycles. The molecule has 0 amide bonds. The summed E-state index contributed by atoms with van der Waals surface area (Å²) in [6.45, 7) is 5.37. The quantitative estimate of drug-likeness (QED) is 0.697. The van der Waals surface area contributed by atoms with E-state index in [0.29, 0.717) is 5.69 Å². The molecule has 0 fully saturated rings. The predicted octanol–water partition coefficient (Wildman–Crippen LogP) is 1.21. The minimum atomic E-state index is -0.843. The van der Waals surface area contributed by atoms with Crippen LogP contribution in [0.3, 0.4) is 0 Å². The summed E-state index contributed by atoms with van der Waals surface area (Å²) < 4.78 is 0. The molecule has 0 radical (unpaired) electrons. The average molecular weight is 168 g/mol. The molecule has 1 aromatic rings. The van der Waals surface area contributed by atoms with E-state index < -0.39 is 11.9 Å². The second-order valence-electron chi connectivity index (χ2n) is 2.92. The summed E-state index contributed by atoms with van der Waals surface area (Å²) in [6, 6.07) is 0. The third kappa shape index (κ3) is 1.32. The molecular formula is C8H12N2O2. The van der Waals surface area contributed by atoms with Crippen LogP contribution in [0.2, 0.25) is 0 Å². The molecule has 0 spiro atoms. The van der Waals surface area contributed by atoms with Crippen molar-refractivity contribution in [1.29, 1.82) is 0 Å². The SMILES string of the molecule is Cc1[nH]nc(C(C)C(=O)O)c1C. The first-order valence-electron chi connectivity index (χ1n) is 3.78. The first-order chi connectivity index (χ1) is 5.54. The monoisotopic (exact) mass is 168 g/mol. The minimum absolute atomic E-state index is 0.532. The van der Waals surface area contributed by atoms with E-state index in [1.807, 2.05) is 13.8 Å². The van der Waals surface area contributed by atoms with Crippen molar-refractivity contribution in [2.75, 3.05) is 0 Å². The molecule has 1 rings (SSSR count). The first-order valence-corrected chi connectivity index (χ1v) is 3.78. The molecule has 0 aliphatic carbocycles. The van der Waals surface area contributed by atoms with Crippen molar-refractivity contribution in [2.45, 2.75) is 26.7 Å². The lowest BCUT2D eigenvalue weighted by Crippen LogP contribution is -2.08. The number of aromatic amines is 1. The van der Waals surface area contributed by atoms with Gasteiger partial charge in [-0.15, -0.1) is 0 Å². The van der Waals surface area contributed by atoms with E-state index in [0.717, 1.165) is 11.3 Å². The second-order valence-corrected chi connectivity index (χ2v) is 2.92. The molecule has 0 saturated heterocycles. The van der Waals surface area contributed by atoms with Gasteiger partial charge in [0.15, 0.2) is 0 Å². The van der Waals surface area contributed by atoms with Crippen LogP contribution in [0.25, 0.3) is 0 Å². The molecule has 0 aromatic carbocycles. The normalized spacial score (nSPS) is 12.9. The van der Waals surface area contributed by atoms with Crippen LogP contribution in [0.5, 0.6) is 0 Å². The minimum Gasteiger partial charge on any atom is -0.481 e. The Balaban J connectivity index is 3.03. The van der Waals surface area contributed by atoms with Crippen LogP contribution in [0.4, 0.5) is 0 Å². The van der Waals surface area contributed by atoms with Gasteiger partial charge in [-0.25, -0.2) is 0 Å². The first kappa shape index (κ1) is 8.77. The number of carboxylic acid groups (broad SMARTS) is 1. The van der Waals surface area contributed by atoms with Crippen LogP contribution in [0, 0.1) is 13.8 Å². The maximum atomic E-state index is 10.6. The van der Waals surface area contributed by atoms with Gasteiger partial charge in [-0.1, -0.05) is 0 Å². The van der Waals surface area contributed by atoms with Crippen LogP contribution < -0.4 is 0 Å². The highest BCUT2D eigenvalue weighted by Crippen LogP contribution is 2.18.